The second-order valence-electron chi connectivity index (χ2n) is 4.16. The van der Waals surface area contributed by atoms with E-state index in [0.29, 0.717) is 21.7 Å². The van der Waals surface area contributed by atoms with Gasteiger partial charge in [0.25, 0.3) is 0 Å². The Morgan fingerprint density at radius 3 is 2.72 bits per heavy atom. The van der Waals surface area contributed by atoms with Gasteiger partial charge in [-0.25, -0.2) is 4.39 Å². The van der Waals surface area contributed by atoms with Crippen molar-refractivity contribution in [2.75, 3.05) is 0 Å². The molecule has 0 unspecified atom stereocenters. The van der Waals surface area contributed by atoms with E-state index >= 15 is 0 Å². The first kappa shape index (κ1) is 13.2. The molecule has 0 radical (unpaired) electrons. The summed E-state index contributed by atoms with van der Waals surface area (Å²) in [5.41, 5.74) is 0.621. The molecule has 0 aliphatic rings. The predicted molar refractivity (Wildman–Crippen MR) is 69.4 cm³/mol. The predicted octanol–water partition coefficient (Wildman–Crippen LogP) is 2.92. The summed E-state index contributed by atoms with van der Waals surface area (Å²) >= 11 is 3.21. The van der Waals surface area contributed by atoms with Gasteiger partial charge in [-0.15, -0.1) is 10.2 Å². The van der Waals surface area contributed by atoms with Gasteiger partial charge in [-0.3, -0.25) is 0 Å². The molecule has 0 spiro atoms. The Hall–Kier alpha value is -1.27. The Labute approximate surface area is 113 Å². The molecule has 0 aliphatic carbocycles. The molecule has 0 amide bonds. The molecule has 1 aromatic carbocycles. The van der Waals surface area contributed by atoms with Crippen LogP contribution in [0.1, 0.15) is 25.7 Å². The van der Waals surface area contributed by atoms with E-state index in [-0.39, 0.29) is 18.5 Å². The molecule has 1 heterocycles. The van der Waals surface area contributed by atoms with E-state index in [1.54, 1.807) is 16.7 Å². The molecule has 2 rings (SSSR count). The van der Waals surface area contributed by atoms with Crippen molar-refractivity contribution in [2.45, 2.75) is 26.5 Å². The molecular weight excluding hydrogens is 301 g/mol. The van der Waals surface area contributed by atoms with Crippen molar-refractivity contribution in [3.63, 3.8) is 0 Å². The van der Waals surface area contributed by atoms with Crippen LogP contribution in [0.15, 0.2) is 22.7 Å². The van der Waals surface area contributed by atoms with E-state index in [2.05, 4.69) is 26.1 Å². The highest BCUT2D eigenvalue weighted by Crippen LogP contribution is 2.31. The Morgan fingerprint density at radius 2 is 2.11 bits per heavy atom. The number of aliphatic hydroxyl groups excluding tert-OH is 1. The highest BCUT2D eigenvalue weighted by Gasteiger charge is 2.18. The summed E-state index contributed by atoms with van der Waals surface area (Å²) < 4.78 is 15.7. The first-order chi connectivity index (χ1) is 8.56. The second kappa shape index (κ2) is 5.16. The fourth-order valence-electron chi connectivity index (χ4n) is 1.83. The quantitative estimate of drug-likeness (QED) is 0.948. The number of hydrogen-bond donors (Lipinski definition) is 1. The minimum Gasteiger partial charge on any atom is -0.388 e. The van der Waals surface area contributed by atoms with Gasteiger partial charge >= 0.3 is 0 Å². The molecule has 0 saturated heterocycles. The van der Waals surface area contributed by atoms with Crippen molar-refractivity contribution in [1.29, 1.82) is 0 Å². The number of hydrogen-bond acceptors (Lipinski definition) is 3. The third-order valence-corrected chi connectivity index (χ3v) is 3.42. The van der Waals surface area contributed by atoms with Crippen LogP contribution in [0, 0.1) is 5.82 Å². The molecule has 0 fully saturated rings. The monoisotopic (exact) mass is 313 g/mol. The van der Waals surface area contributed by atoms with E-state index in [1.165, 1.54) is 6.07 Å². The van der Waals surface area contributed by atoms with Crippen LogP contribution in [0.5, 0.6) is 0 Å². The molecule has 0 aliphatic heterocycles. The van der Waals surface area contributed by atoms with Crippen molar-refractivity contribution < 1.29 is 9.50 Å². The van der Waals surface area contributed by atoms with Gasteiger partial charge in [0.15, 0.2) is 11.6 Å². The first-order valence-electron chi connectivity index (χ1n) is 5.55. The summed E-state index contributed by atoms with van der Waals surface area (Å²) in [5, 5.41) is 17.2. The van der Waals surface area contributed by atoms with E-state index in [1.807, 2.05) is 13.8 Å². The Bertz CT molecular complexity index is 568. The summed E-state index contributed by atoms with van der Waals surface area (Å²) in [4.78, 5) is 0. The zero-order valence-corrected chi connectivity index (χ0v) is 11.6. The van der Waals surface area contributed by atoms with Crippen LogP contribution in [-0.2, 0) is 6.61 Å². The van der Waals surface area contributed by atoms with Gasteiger partial charge in [0.1, 0.15) is 12.4 Å². The highest BCUT2D eigenvalue weighted by atomic mass is 79.9. The lowest BCUT2D eigenvalue weighted by Crippen LogP contribution is -2.08. The smallest absolute Gasteiger partial charge is 0.165 e. The maximum atomic E-state index is 13.5. The number of nitrogens with zero attached hydrogens (tertiary/aromatic N) is 3. The molecule has 1 N–H and O–H groups in total. The van der Waals surface area contributed by atoms with Crippen LogP contribution in [0.3, 0.4) is 0 Å². The third-order valence-electron chi connectivity index (χ3n) is 2.62. The highest BCUT2D eigenvalue weighted by molar-refractivity contribution is 9.10. The van der Waals surface area contributed by atoms with Gasteiger partial charge in [0, 0.05) is 11.6 Å². The maximum absolute atomic E-state index is 13.5. The number of halogens is 2. The number of aliphatic hydroxyl groups is 1. The standard InChI is InChI=1S/C12H13BrFN3O/c1-7(2)17-10(6-18)15-16-12(17)8-4-3-5-9(14)11(8)13/h3-5,7,18H,6H2,1-2H3. The van der Waals surface area contributed by atoms with Crippen LogP contribution in [0.25, 0.3) is 11.4 Å². The number of benzene rings is 1. The second-order valence-corrected chi connectivity index (χ2v) is 4.96. The van der Waals surface area contributed by atoms with Crippen molar-refractivity contribution in [3.8, 4) is 11.4 Å². The summed E-state index contributed by atoms with van der Waals surface area (Å²) in [5.74, 6) is 0.660. The lowest BCUT2D eigenvalue weighted by atomic mass is 10.2. The van der Waals surface area contributed by atoms with Crippen molar-refractivity contribution >= 4 is 15.9 Å². The molecule has 0 atom stereocenters. The zero-order valence-electron chi connectivity index (χ0n) is 10.1. The lowest BCUT2D eigenvalue weighted by molar-refractivity contribution is 0.262. The fraction of sp³-hybridized carbons (Fsp3) is 0.333. The van der Waals surface area contributed by atoms with Gasteiger partial charge < -0.3 is 9.67 Å². The summed E-state index contributed by atoms with van der Waals surface area (Å²) in [7, 11) is 0. The SMILES string of the molecule is CC(C)n1c(CO)nnc1-c1cccc(F)c1Br. The van der Waals surface area contributed by atoms with Gasteiger partial charge in [0.05, 0.1) is 4.47 Å². The molecule has 6 heteroatoms. The average Bonchev–Trinajstić information content (AvgIpc) is 2.76. The van der Waals surface area contributed by atoms with E-state index in [9.17, 15) is 9.50 Å². The van der Waals surface area contributed by atoms with Crippen LogP contribution in [0.4, 0.5) is 4.39 Å². The van der Waals surface area contributed by atoms with Crippen molar-refractivity contribution in [1.82, 2.24) is 14.8 Å². The van der Waals surface area contributed by atoms with Crippen molar-refractivity contribution in [3.05, 3.63) is 34.3 Å². The van der Waals surface area contributed by atoms with Crippen LogP contribution < -0.4 is 0 Å². The molecular formula is C12H13BrFN3O. The normalized spacial score (nSPS) is 11.2. The van der Waals surface area contributed by atoms with Crippen LogP contribution in [0.2, 0.25) is 0 Å². The lowest BCUT2D eigenvalue weighted by Gasteiger charge is -2.14. The van der Waals surface area contributed by atoms with Gasteiger partial charge in [-0.05, 0) is 41.9 Å². The molecule has 96 valence electrons. The number of aromatic nitrogens is 3. The molecule has 1 aromatic heterocycles. The molecule has 0 bridgehead atoms. The topological polar surface area (TPSA) is 50.9 Å². The maximum Gasteiger partial charge on any atom is 0.165 e. The third kappa shape index (κ3) is 2.18. The van der Waals surface area contributed by atoms with Crippen LogP contribution >= 0.6 is 15.9 Å². The number of rotatable bonds is 3. The molecule has 0 saturated carbocycles. The molecule has 2 aromatic rings. The van der Waals surface area contributed by atoms with Crippen LogP contribution in [-0.4, -0.2) is 19.9 Å². The fourth-order valence-corrected chi connectivity index (χ4v) is 2.28. The Balaban J connectivity index is 2.64. The largest absolute Gasteiger partial charge is 0.388 e. The molecule has 4 nitrogen and oxygen atoms in total. The van der Waals surface area contributed by atoms with E-state index < -0.39 is 0 Å². The van der Waals surface area contributed by atoms with Gasteiger partial charge in [-0.2, -0.15) is 0 Å². The molecule has 18 heavy (non-hydrogen) atoms. The van der Waals surface area contributed by atoms with Gasteiger partial charge in [-0.1, -0.05) is 6.07 Å². The Morgan fingerprint density at radius 1 is 1.39 bits per heavy atom. The van der Waals surface area contributed by atoms with E-state index in [4.69, 9.17) is 0 Å². The van der Waals surface area contributed by atoms with E-state index in [0.717, 1.165) is 0 Å². The zero-order chi connectivity index (χ0) is 13.3. The summed E-state index contributed by atoms with van der Waals surface area (Å²) in [6.45, 7) is 3.72. The summed E-state index contributed by atoms with van der Waals surface area (Å²) in [6.07, 6.45) is 0. The average molecular weight is 314 g/mol. The van der Waals surface area contributed by atoms with Crippen molar-refractivity contribution in [2.24, 2.45) is 0 Å². The Kier molecular flexibility index (Phi) is 3.77. The summed E-state index contributed by atoms with van der Waals surface area (Å²) in [6, 6.07) is 4.83. The first-order valence-corrected chi connectivity index (χ1v) is 6.34. The minimum absolute atomic E-state index is 0.0762. The van der Waals surface area contributed by atoms with Gasteiger partial charge in [0.2, 0.25) is 0 Å². The minimum atomic E-state index is -0.351.